The molecule has 0 heterocycles. The number of benzene rings is 1. The number of nitrogens with one attached hydrogen (secondary N) is 1. The Morgan fingerprint density at radius 2 is 1.80 bits per heavy atom. The topological polar surface area (TPSA) is 72.1 Å². The van der Waals surface area contributed by atoms with E-state index >= 15 is 0 Å². The molecule has 0 fully saturated rings. The Balaban J connectivity index is 0.00000576. The van der Waals surface area contributed by atoms with Gasteiger partial charge in [-0.05, 0) is 52.0 Å². The zero-order valence-corrected chi connectivity index (χ0v) is 18.2. The summed E-state index contributed by atoms with van der Waals surface area (Å²) in [7, 11) is 0. The average molecular weight is 464 g/mol. The molecule has 0 bridgehead atoms. The second-order valence-electron chi connectivity index (χ2n) is 5.30. The van der Waals surface area contributed by atoms with E-state index in [1.54, 1.807) is 0 Å². The van der Waals surface area contributed by atoms with E-state index in [2.05, 4.69) is 29.1 Å². The zero-order chi connectivity index (χ0) is 17.8. The number of halogens is 1. The lowest BCUT2D eigenvalue weighted by Crippen LogP contribution is -2.26. The molecule has 0 atom stereocenters. The molecule has 25 heavy (non-hydrogen) atoms. The molecule has 0 saturated heterocycles. The Kier molecular flexibility index (Phi) is 13.3. The van der Waals surface area contributed by atoms with Crippen LogP contribution < -0.4 is 20.5 Å². The largest absolute Gasteiger partial charge is 0.494 e. The summed E-state index contributed by atoms with van der Waals surface area (Å²) in [6, 6.07) is 5.65. The van der Waals surface area contributed by atoms with E-state index in [0.717, 1.165) is 43.2 Å². The molecule has 1 aromatic carbocycles. The maximum absolute atomic E-state index is 6.01. The van der Waals surface area contributed by atoms with Gasteiger partial charge in [0.2, 0.25) is 0 Å². The van der Waals surface area contributed by atoms with Crippen LogP contribution in [0.5, 0.6) is 11.5 Å². The monoisotopic (exact) mass is 464 g/mol. The fourth-order valence-corrected chi connectivity index (χ4v) is 2.36. The Morgan fingerprint density at radius 3 is 2.40 bits per heavy atom. The van der Waals surface area contributed by atoms with E-state index in [1.165, 1.54) is 0 Å². The summed E-state index contributed by atoms with van der Waals surface area (Å²) < 4.78 is 11.2. The second-order valence-corrected chi connectivity index (χ2v) is 5.30. The highest BCUT2D eigenvalue weighted by atomic mass is 127. The molecule has 6 nitrogen and oxygen atoms in total. The molecule has 0 saturated carbocycles. The van der Waals surface area contributed by atoms with Crippen LogP contribution in [0.2, 0.25) is 0 Å². The molecule has 0 aliphatic rings. The second kappa shape index (κ2) is 14.0. The van der Waals surface area contributed by atoms with Crippen molar-refractivity contribution in [3.8, 4) is 11.5 Å². The lowest BCUT2D eigenvalue weighted by atomic mass is 10.2. The molecule has 1 aromatic rings. The molecule has 3 N–H and O–H groups in total. The number of ether oxygens (including phenoxy) is 2. The van der Waals surface area contributed by atoms with Crippen molar-refractivity contribution >= 4 is 35.6 Å². The molecule has 144 valence electrons. The van der Waals surface area contributed by atoms with Gasteiger partial charge in [-0.1, -0.05) is 13.8 Å². The van der Waals surface area contributed by atoms with Crippen LogP contribution >= 0.6 is 24.0 Å². The lowest BCUT2D eigenvalue weighted by molar-refractivity contribution is 0.302. The summed E-state index contributed by atoms with van der Waals surface area (Å²) in [6.07, 6.45) is 0.987. The van der Waals surface area contributed by atoms with E-state index in [-0.39, 0.29) is 24.0 Å². The van der Waals surface area contributed by atoms with Crippen molar-refractivity contribution in [1.29, 1.82) is 0 Å². The normalized spacial score (nSPS) is 11.2. The molecular formula is C18H33IN4O2. The predicted molar refractivity (Wildman–Crippen MR) is 117 cm³/mol. The van der Waals surface area contributed by atoms with Crippen LogP contribution in [0.3, 0.4) is 0 Å². The molecule has 0 aliphatic carbocycles. The van der Waals surface area contributed by atoms with Gasteiger partial charge in [-0.2, -0.15) is 0 Å². The third-order valence-corrected chi connectivity index (χ3v) is 3.63. The average Bonchev–Trinajstić information content (AvgIpc) is 2.58. The van der Waals surface area contributed by atoms with Gasteiger partial charge in [0.25, 0.3) is 0 Å². The van der Waals surface area contributed by atoms with Gasteiger partial charge < -0.3 is 25.4 Å². The summed E-state index contributed by atoms with van der Waals surface area (Å²) in [5.41, 5.74) is 6.78. The molecule has 0 spiro atoms. The highest BCUT2D eigenvalue weighted by molar-refractivity contribution is 14.0. The summed E-state index contributed by atoms with van der Waals surface area (Å²) >= 11 is 0. The fraction of sp³-hybridized carbons (Fsp3) is 0.611. The third-order valence-electron chi connectivity index (χ3n) is 3.63. The van der Waals surface area contributed by atoms with Gasteiger partial charge in [0, 0.05) is 12.6 Å². The maximum atomic E-state index is 6.01. The molecule has 0 amide bonds. The quantitative estimate of drug-likeness (QED) is 0.227. The van der Waals surface area contributed by atoms with E-state index in [1.807, 2.05) is 32.0 Å². The Morgan fingerprint density at radius 1 is 1.12 bits per heavy atom. The number of aliphatic imine (C=N–C) groups is 1. The van der Waals surface area contributed by atoms with Crippen molar-refractivity contribution < 1.29 is 9.47 Å². The van der Waals surface area contributed by atoms with Gasteiger partial charge in [0.05, 0.1) is 18.9 Å². The molecule has 0 aliphatic heterocycles. The van der Waals surface area contributed by atoms with Crippen molar-refractivity contribution in [2.24, 2.45) is 10.7 Å². The Hall–Kier alpha value is -1.22. The number of guanidine groups is 1. The Bertz CT molecular complexity index is 508. The first-order valence-electron chi connectivity index (χ1n) is 8.83. The van der Waals surface area contributed by atoms with E-state index in [9.17, 15) is 0 Å². The van der Waals surface area contributed by atoms with Crippen LogP contribution in [-0.4, -0.2) is 50.3 Å². The van der Waals surface area contributed by atoms with Gasteiger partial charge in [-0.25, -0.2) is 0 Å². The number of anilines is 1. The van der Waals surface area contributed by atoms with Crippen LogP contribution in [0.1, 0.15) is 34.1 Å². The highest BCUT2D eigenvalue weighted by Gasteiger charge is 2.07. The van der Waals surface area contributed by atoms with Crippen LogP contribution in [0, 0.1) is 0 Å². The molecule has 0 unspecified atom stereocenters. The maximum Gasteiger partial charge on any atom is 0.193 e. The van der Waals surface area contributed by atoms with Crippen LogP contribution in [0.25, 0.3) is 0 Å². The van der Waals surface area contributed by atoms with Gasteiger partial charge in [-0.15, -0.1) is 24.0 Å². The molecule has 0 aromatic heterocycles. The van der Waals surface area contributed by atoms with Gasteiger partial charge in [-0.3, -0.25) is 4.99 Å². The molecule has 7 heteroatoms. The van der Waals surface area contributed by atoms with Crippen LogP contribution in [0.15, 0.2) is 23.2 Å². The molecule has 1 rings (SSSR count). The van der Waals surface area contributed by atoms with Crippen molar-refractivity contribution in [3.05, 3.63) is 18.2 Å². The first-order valence-corrected chi connectivity index (χ1v) is 8.83. The Labute approximate surface area is 169 Å². The smallest absolute Gasteiger partial charge is 0.193 e. The number of rotatable bonds is 11. The predicted octanol–water partition coefficient (Wildman–Crippen LogP) is 3.56. The van der Waals surface area contributed by atoms with Crippen LogP contribution in [-0.2, 0) is 0 Å². The standard InChI is InChI=1S/C18H32N4O2.HI/c1-5-22(6-2)13-9-12-20-18(19)21-16-14-15(23-7-3)10-11-17(16)24-8-4;/h10-11,14H,5-9,12-13H2,1-4H3,(H3,19,20,21);1H. The van der Waals surface area contributed by atoms with Crippen LogP contribution in [0.4, 0.5) is 5.69 Å². The minimum atomic E-state index is 0. The van der Waals surface area contributed by atoms with E-state index in [4.69, 9.17) is 15.2 Å². The van der Waals surface area contributed by atoms with E-state index in [0.29, 0.717) is 25.7 Å². The van der Waals surface area contributed by atoms with Gasteiger partial charge >= 0.3 is 0 Å². The number of hydrogen-bond acceptors (Lipinski definition) is 4. The first kappa shape index (κ1) is 23.8. The minimum Gasteiger partial charge on any atom is -0.494 e. The SMILES string of the molecule is CCOc1ccc(OCC)c(NC(N)=NCCCN(CC)CC)c1.I. The van der Waals surface area contributed by atoms with Crippen molar-refractivity contribution in [1.82, 2.24) is 4.90 Å². The first-order chi connectivity index (χ1) is 11.6. The minimum absolute atomic E-state index is 0. The lowest BCUT2D eigenvalue weighted by Gasteiger charge is -2.17. The number of nitrogens with zero attached hydrogens (tertiary/aromatic N) is 2. The molecular weight excluding hydrogens is 431 g/mol. The molecule has 0 radical (unpaired) electrons. The van der Waals surface area contributed by atoms with Crippen molar-refractivity contribution in [3.63, 3.8) is 0 Å². The van der Waals surface area contributed by atoms with E-state index < -0.39 is 0 Å². The summed E-state index contributed by atoms with van der Waals surface area (Å²) in [6.45, 7) is 13.3. The summed E-state index contributed by atoms with van der Waals surface area (Å²) in [4.78, 5) is 6.77. The number of hydrogen-bond donors (Lipinski definition) is 2. The summed E-state index contributed by atoms with van der Waals surface area (Å²) in [5.74, 6) is 1.91. The summed E-state index contributed by atoms with van der Waals surface area (Å²) in [5, 5.41) is 3.12. The fourth-order valence-electron chi connectivity index (χ4n) is 2.36. The third kappa shape index (κ3) is 9.15. The van der Waals surface area contributed by atoms with Crippen molar-refractivity contribution in [2.75, 3.05) is 44.7 Å². The van der Waals surface area contributed by atoms with Gasteiger partial charge in [0.1, 0.15) is 11.5 Å². The highest BCUT2D eigenvalue weighted by Crippen LogP contribution is 2.29. The van der Waals surface area contributed by atoms with Crippen molar-refractivity contribution in [2.45, 2.75) is 34.1 Å². The number of nitrogens with two attached hydrogens (primary N) is 1. The van der Waals surface area contributed by atoms with Gasteiger partial charge in [0.15, 0.2) is 5.96 Å². The zero-order valence-electron chi connectivity index (χ0n) is 15.9.